The van der Waals surface area contributed by atoms with Crippen LogP contribution in [0.2, 0.25) is 0 Å². The van der Waals surface area contributed by atoms with Crippen molar-refractivity contribution in [3.63, 3.8) is 0 Å². The minimum absolute atomic E-state index is 0. The Balaban J connectivity index is 0.00000392. The van der Waals surface area contributed by atoms with Crippen molar-refractivity contribution in [3.8, 4) is 0 Å². The molecule has 160 valence electrons. The molecule has 0 radical (unpaired) electrons. The van der Waals surface area contributed by atoms with Crippen LogP contribution in [0.15, 0.2) is 23.1 Å². The van der Waals surface area contributed by atoms with Crippen LogP contribution in [-0.4, -0.2) is 53.4 Å². The minimum Gasteiger partial charge on any atom is -0.376 e. The Hall–Kier alpha value is -1.35. The third-order valence-corrected chi connectivity index (χ3v) is 7.20. The molecule has 0 heterocycles. The summed E-state index contributed by atoms with van der Waals surface area (Å²) in [5, 5.41) is 2.93. The quantitative estimate of drug-likeness (QED) is 0.690. The fourth-order valence-electron chi connectivity index (χ4n) is 3.67. The molecule has 0 spiro atoms. The number of benzene rings is 1. The molecule has 1 aliphatic carbocycles. The highest BCUT2D eigenvalue weighted by atomic mass is 35.5. The van der Waals surface area contributed by atoms with Crippen molar-refractivity contribution >= 4 is 39.7 Å². The molecule has 1 saturated carbocycles. The molecule has 1 amide bonds. The maximum absolute atomic E-state index is 12.8. The number of carbonyl (C=O) groups is 1. The number of halogens is 1. The van der Waals surface area contributed by atoms with Crippen LogP contribution in [0.1, 0.15) is 38.5 Å². The number of carbonyl (C=O) groups excluding carboxylic acids is 1. The Kier molecular flexibility index (Phi) is 8.74. The van der Waals surface area contributed by atoms with E-state index in [1.54, 1.807) is 12.1 Å². The van der Waals surface area contributed by atoms with Crippen LogP contribution in [-0.2, 0) is 14.8 Å². The molecule has 2 rings (SSSR count). The van der Waals surface area contributed by atoms with Crippen LogP contribution >= 0.6 is 12.4 Å². The van der Waals surface area contributed by atoms with Crippen molar-refractivity contribution in [2.75, 3.05) is 45.0 Å². The first kappa shape index (κ1) is 24.7. The summed E-state index contributed by atoms with van der Waals surface area (Å²) < 4.78 is 26.1. The third kappa shape index (κ3) is 5.59. The first-order valence-electron chi connectivity index (χ1n) is 9.35. The summed E-state index contributed by atoms with van der Waals surface area (Å²) in [6.45, 7) is 0.496. The molecule has 1 aromatic carbocycles. The Morgan fingerprint density at radius 2 is 1.75 bits per heavy atom. The highest BCUT2D eigenvalue weighted by Crippen LogP contribution is 2.39. The number of amides is 1. The highest BCUT2D eigenvalue weighted by Gasteiger charge is 2.33. The SMILES string of the molecule is CN(C)c1ccc(S(=O)(=O)N(C)C)cc1NC(=O)CC1(CN)CCCCC1.Cl. The van der Waals surface area contributed by atoms with Crippen LogP contribution in [0, 0.1) is 5.41 Å². The lowest BCUT2D eigenvalue weighted by Crippen LogP contribution is -2.36. The van der Waals surface area contributed by atoms with E-state index in [2.05, 4.69) is 5.32 Å². The van der Waals surface area contributed by atoms with Gasteiger partial charge in [-0.1, -0.05) is 19.3 Å². The second kappa shape index (κ2) is 9.91. The molecule has 28 heavy (non-hydrogen) atoms. The van der Waals surface area contributed by atoms with Gasteiger partial charge >= 0.3 is 0 Å². The number of nitrogens with one attached hydrogen (secondary N) is 1. The Morgan fingerprint density at radius 3 is 2.25 bits per heavy atom. The predicted octanol–water partition coefficient (Wildman–Crippen LogP) is 2.66. The van der Waals surface area contributed by atoms with Crippen molar-refractivity contribution in [1.29, 1.82) is 0 Å². The zero-order valence-electron chi connectivity index (χ0n) is 17.2. The van der Waals surface area contributed by atoms with E-state index in [1.165, 1.54) is 26.6 Å². The first-order valence-corrected chi connectivity index (χ1v) is 10.8. The summed E-state index contributed by atoms with van der Waals surface area (Å²) in [6.07, 6.45) is 5.69. The second-order valence-electron chi connectivity index (χ2n) is 7.85. The van der Waals surface area contributed by atoms with E-state index in [4.69, 9.17) is 5.73 Å². The smallest absolute Gasteiger partial charge is 0.242 e. The van der Waals surface area contributed by atoms with E-state index in [-0.39, 0.29) is 28.6 Å². The molecule has 7 nitrogen and oxygen atoms in total. The largest absolute Gasteiger partial charge is 0.376 e. The van der Waals surface area contributed by atoms with E-state index in [0.717, 1.165) is 35.7 Å². The number of hydrogen-bond donors (Lipinski definition) is 2. The van der Waals surface area contributed by atoms with Crippen LogP contribution in [0.5, 0.6) is 0 Å². The van der Waals surface area contributed by atoms with Crippen molar-refractivity contribution in [3.05, 3.63) is 18.2 Å². The Labute approximate surface area is 175 Å². The van der Waals surface area contributed by atoms with E-state index in [0.29, 0.717) is 18.7 Å². The summed E-state index contributed by atoms with van der Waals surface area (Å²) >= 11 is 0. The average Bonchev–Trinajstić information content (AvgIpc) is 2.61. The Bertz CT molecular complexity index is 775. The van der Waals surface area contributed by atoms with Crippen LogP contribution in [0.3, 0.4) is 0 Å². The number of nitrogens with two attached hydrogens (primary N) is 1. The lowest BCUT2D eigenvalue weighted by molar-refractivity contribution is -0.118. The summed E-state index contributed by atoms with van der Waals surface area (Å²) in [5.41, 5.74) is 7.11. The summed E-state index contributed by atoms with van der Waals surface area (Å²) in [5.74, 6) is -0.121. The molecule has 0 aliphatic heterocycles. The van der Waals surface area contributed by atoms with E-state index >= 15 is 0 Å². The standard InChI is InChI=1S/C19H32N4O3S.ClH/c1-22(2)17-9-8-15(27(25,26)23(3)4)12-16(17)21-18(24)13-19(14-20)10-6-5-7-11-19;/h8-9,12H,5-7,10-11,13-14,20H2,1-4H3,(H,21,24);1H. The molecule has 1 fully saturated rings. The van der Waals surface area contributed by atoms with Gasteiger partial charge in [-0.25, -0.2) is 12.7 Å². The fraction of sp³-hybridized carbons (Fsp3) is 0.632. The third-order valence-electron chi connectivity index (χ3n) is 5.39. The summed E-state index contributed by atoms with van der Waals surface area (Å²) in [7, 11) is 3.11. The van der Waals surface area contributed by atoms with E-state index < -0.39 is 10.0 Å². The van der Waals surface area contributed by atoms with Crippen LogP contribution in [0.4, 0.5) is 11.4 Å². The number of sulfonamides is 1. The topological polar surface area (TPSA) is 95.7 Å². The fourth-order valence-corrected chi connectivity index (χ4v) is 4.59. The zero-order valence-corrected chi connectivity index (χ0v) is 18.8. The molecule has 9 heteroatoms. The molecule has 1 aromatic rings. The maximum Gasteiger partial charge on any atom is 0.242 e. The normalized spacial score (nSPS) is 16.4. The van der Waals surface area contributed by atoms with Crippen LogP contribution < -0.4 is 16.0 Å². The first-order chi connectivity index (χ1) is 12.6. The van der Waals surface area contributed by atoms with E-state index in [1.807, 2.05) is 19.0 Å². The van der Waals surface area contributed by atoms with Gasteiger partial charge in [0.1, 0.15) is 0 Å². The molecule has 0 atom stereocenters. The van der Waals surface area contributed by atoms with Crippen LogP contribution in [0.25, 0.3) is 0 Å². The molecule has 0 bridgehead atoms. The van der Waals surface area contributed by atoms with Gasteiger partial charge in [0.25, 0.3) is 0 Å². The van der Waals surface area contributed by atoms with Crippen molar-refractivity contribution in [2.45, 2.75) is 43.4 Å². The van der Waals surface area contributed by atoms with E-state index in [9.17, 15) is 13.2 Å². The van der Waals surface area contributed by atoms with Gasteiger partial charge in [0.15, 0.2) is 0 Å². The van der Waals surface area contributed by atoms with Gasteiger partial charge in [-0.2, -0.15) is 0 Å². The van der Waals surface area contributed by atoms with Crippen molar-refractivity contribution < 1.29 is 13.2 Å². The zero-order chi connectivity index (χ0) is 20.2. The van der Waals surface area contributed by atoms with Gasteiger partial charge < -0.3 is 16.0 Å². The average molecular weight is 433 g/mol. The summed E-state index contributed by atoms with van der Waals surface area (Å²) in [6, 6.07) is 4.80. The highest BCUT2D eigenvalue weighted by molar-refractivity contribution is 7.89. The van der Waals surface area contributed by atoms with Crippen molar-refractivity contribution in [2.24, 2.45) is 11.1 Å². The molecule has 0 unspecified atom stereocenters. The molecular weight excluding hydrogens is 400 g/mol. The monoisotopic (exact) mass is 432 g/mol. The molecule has 0 saturated heterocycles. The lowest BCUT2D eigenvalue weighted by atomic mass is 9.71. The van der Waals surface area contributed by atoms with Gasteiger partial charge in [0.05, 0.1) is 16.3 Å². The van der Waals surface area contributed by atoms with Crippen molar-refractivity contribution in [1.82, 2.24) is 4.31 Å². The molecule has 1 aliphatic rings. The molecule has 3 N–H and O–H groups in total. The van der Waals surface area contributed by atoms with Gasteiger partial charge in [0, 0.05) is 34.6 Å². The number of anilines is 2. The van der Waals surface area contributed by atoms with Gasteiger partial charge in [0.2, 0.25) is 15.9 Å². The number of rotatable bonds is 7. The van der Waals surface area contributed by atoms with Gasteiger partial charge in [-0.05, 0) is 43.0 Å². The van der Waals surface area contributed by atoms with Gasteiger partial charge in [-0.3, -0.25) is 4.79 Å². The summed E-state index contributed by atoms with van der Waals surface area (Å²) in [4.78, 5) is 14.8. The predicted molar refractivity (Wildman–Crippen MR) is 117 cm³/mol. The molecule has 0 aromatic heterocycles. The van der Waals surface area contributed by atoms with Gasteiger partial charge in [-0.15, -0.1) is 12.4 Å². The maximum atomic E-state index is 12.8. The molecular formula is C19H33ClN4O3S. The minimum atomic E-state index is -3.58. The second-order valence-corrected chi connectivity index (χ2v) is 10.0. The number of hydrogen-bond acceptors (Lipinski definition) is 5. The Morgan fingerprint density at radius 1 is 1.14 bits per heavy atom. The number of nitrogens with zero attached hydrogens (tertiary/aromatic N) is 2. The lowest BCUT2D eigenvalue weighted by Gasteiger charge is -2.35.